The fourth-order valence-electron chi connectivity index (χ4n) is 7.85. The maximum Gasteiger partial charge on any atom is 0.187 e. The van der Waals surface area contributed by atoms with Crippen molar-refractivity contribution in [2.75, 3.05) is 35.0 Å². The molecule has 0 saturated carbocycles. The average molecular weight is 757 g/mol. The van der Waals surface area contributed by atoms with E-state index in [1.807, 2.05) is 20.8 Å². The summed E-state index contributed by atoms with van der Waals surface area (Å²) in [6.07, 6.45) is -14.6. The van der Waals surface area contributed by atoms with E-state index in [4.69, 9.17) is 61.6 Å². The minimum Gasteiger partial charge on any atom is -0.394 e. The molecule has 0 amide bonds. The van der Waals surface area contributed by atoms with Crippen LogP contribution in [0.2, 0.25) is 0 Å². The first-order chi connectivity index (χ1) is 24.8. The molecule has 0 aromatic rings. The number of methoxy groups -OCH3 is 4. The van der Waals surface area contributed by atoms with E-state index in [2.05, 4.69) is 0 Å². The van der Waals surface area contributed by atoms with Gasteiger partial charge < -0.3 is 87.1 Å². The molecule has 21 atom stereocenters. The second-order valence-corrected chi connectivity index (χ2v) is 14.2. The quantitative estimate of drug-likeness (QED) is 0.151. The van der Waals surface area contributed by atoms with Crippen molar-refractivity contribution in [3.05, 3.63) is 0 Å². The molecule has 304 valence electrons. The van der Waals surface area contributed by atoms with Crippen molar-refractivity contribution in [3.63, 3.8) is 0 Å². The van der Waals surface area contributed by atoms with Crippen molar-refractivity contribution < 1.29 is 87.1 Å². The first kappa shape index (κ1) is 42.4. The predicted octanol–water partition coefficient (Wildman–Crippen LogP) is -1.08. The van der Waals surface area contributed by atoms with Crippen LogP contribution in [0.25, 0.3) is 0 Å². The zero-order valence-electron chi connectivity index (χ0n) is 31.2. The Bertz CT molecular complexity index is 1070. The lowest BCUT2D eigenvalue weighted by Crippen LogP contribution is -2.62. The van der Waals surface area contributed by atoms with Crippen LogP contribution in [0.3, 0.4) is 0 Å². The smallest absolute Gasteiger partial charge is 0.187 e. The number of aliphatic hydroxyl groups is 5. The van der Waals surface area contributed by atoms with Gasteiger partial charge in [0.2, 0.25) is 0 Å². The van der Waals surface area contributed by atoms with Crippen LogP contribution in [-0.2, 0) is 61.6 Å². The van der Waals surface area contributed by atoms with Crippen LogP contribution < -0.4 is 0 Å². The Morgan fingerprint density at radius 2 is 0.827 bits per heavy atom. The lowest BCUT2D eigenvalue weighted by atomic mass is 9.97. The van der Waals surface area contributed by atoms with Gasteiger partial charge in [-0.3, -0.25) is 0 Å². The molecule has 1 unspecified atom stereocenters. The zero-order chi connectivity index (χ0) is 37.9. The van der Waals surface area contributed by atoms with Gasteiger partial charge in [0.05, 0.1) is 55.4 Å². The van der Waals surface area contributed by atoms with Crippen LogP contribution in [0.15, 0.2) is 0 Å². The molecule has 0 radical (unpaired) electrons. The van der Waals surface area contributed by atoms with Gasteiger partial charge in [-0.2, -0.15) is 0 Å². The Morgan fingerprint density at radius 1 is 0.462 bits per heavy atom. The Labute approximate surface area is 304 Å². The van der Waals surface area contributed by atoms with Crippen LogP contribution in [0.1, 0.15) is 53.4 Å². The summed E-state index contributed by atoms with van der Waals surface area (Å²) in [6, 6.07) is 0. The van der Waals surface area contributed by atoms with Gasteiger partial charge >= 0.3 is 0 Å². The predicted molar refractivity (Wildman–Crippen MR) is 174 cm³/mol. The third-order valence-corrected chi connectivity index (χ3v) is 10.8. The van der Waals surface area contributed by atoms with Gasteiger partial charge in [0, 0.05) is 54.1 Å². The molecule has 0 aromatic carbocycles. The van der Waals surface area contributed by atoms with Gasteiger partial charge in [-0.05, 0) is 27.7 Å². The molecule has 0 aliphatic carbocycles. The van der Waals surface area contributed by atoms with Crippen molar-refractivity contribution in [1.82, 2.24) is 0 Å². The second kappa shape index (κ2) is 18.9. The number of hydrogen-bond acceptors (Lipinski definition) is 18. The normalized spacial score (nSPS) is 50.6. The molecule has 0 spiro atoms. The first-order valence-corrected chi connectivity index (χ1v) is 18.2. The summed E-state index contributed by atoms with van der Waals surface area (Å²) in [7, 11) is 6.30. The minimum absolute atomic E-state index is 0.246. The van der Waals surface area contributed by atoms with Crippen molar-refractivity contribution >= 4 is 0 Å². The molecule has 18 heteroatoms. The van der Waals surface area contributed by atoms with Crippen molar-refractivity contribution in [2.45, 2.75) is 182 Å². The summed E-state index contributed by atoms with van der Waals surface area (Å²) in [5, 5.41) is 50.4. The standard InChI is InChI=1S/C34H60O18/c1-14-30(18(40-5)9-23(36)44-14)49-24-10-19(41-6)31(15(2)45-24)50-25-11-20(42-7)32(16(3)46-25)51-26-12-21(43-8)33(17(4)47-26)52-34-29(39)28(38)27(37)22(13-35)48-34/h14-39H,9-13H2,1-8H3/t14-,15-,16-,17-,18+,19+,20-,21+,22-,23?,24+,25+,26+,27-,28+,29-,30-,31-,32-,33-,34+/m1/s1. The molecule has 5 N–H and O–H groups in total. The van der Waals surface area contributed by atoms with Gasteiger partial charge in [-0.1, -0.05) is 0 Å². The van der Waals surface area contributed by atoms with Gasteiger partial charge in [-0.25, -0.2) is 0 Å². The third kappa shape index (κ3) is 9.62. The van der Waals surface area contributed by atoms with E-state index in [-0.39, 0.29) is 25.0 Å². The molecular weight excluding hydrogens is 696 g/mol. The fourth-order valence-corrected chi connectivity index (χ4v) is 7.85. The largest absolute Gasteiger partial charge is 0.394 e. The SMILES string of the molecule is CO[C@H]1CC(O)O[C@H](C)[C@H]1O[C@H]1C[C@H](OC)[C@H](O[C@H]2C[C@@H](OC)[C@H](O[C@H]3C[C@H](OC)[C@H](O[C@@H]4O[C@H](CO)[C@@H](O)[C@H](O)[C@H]4O)[C@@H](C)O3)[C@@H](C)O2)[C@@H](C)O1. The van der Waals surface area contributed by atoms with E-state index in [1.54, 1.807) is 28.3 Å². The van der Waals surface area contributed by atoms with Crippen molar-refractivity contribution in [3.8, 4) is 0 Å². The van der Waals surface area contributed by atoms with Gasteiger partial charge in [0.1, 0.15) is 48.8 Å². The highest BCUT2D eigenvalue weighted by molar-refractivity contribution is 4.93. The summed E-state index contributed by atoms with van der Waals surface area (Å²) >= 11 is 0. The molecule has 0 aromatic heterocycles. The van der Waals surface area contributed by atoms with Crippen LogP contribution in [-0.4, -0.2) is 190 Å². The highest BCUT2D eigenvalue weighted by Gasteiger charge is 2.50. The summed E-state index contributed by atoms with van der Waals surface area (Å²) in [5.41, 5.74) is 0. The highest BCUT2D eigenvalue weighted by atomic mass is 16.8. The number of aliphatic hydroxyl groups excluding tert-OH is 5. The summed E-state index contributed by atoms with van der Waals surface area (Å²) < 4.78 is 78.2. The fraction of sp³-hybridized carbons (Fsp3) is 1.00. The van der Waals surface area contributed by atoms with E-state index >= 15 is 0 Å². The van der Waals surface area contributed by atoms with Gasteiger partial charge in [0.25, 0.3) is 0 Å². The second-order valence-electron chi connectivity index (χ2n) is 14.2. The topological polar surface area (TPSA) is 221 Å². The van der Waals surface area contributed by atoms with Crippen LogP contribution in [0.4, 0.5) is 0 Å². The molecule has 5 fully saturated rings. The molecule has 5 rings (SSSR count). The van der Waals surface area contributed by atoms with Crippen molar-refractivity contribution in [1.29, 1.82) is 0 Å². The van der Waals surface area contributed by atoms with E-state index in [0.717, 1.165) is 0 Å². The average Bonchev–Trinajstić information content (AvgIpc) is 3.11. The van der Waals surface area contributed by atoms with Crippen LogP contribution in [0, 0.1) is 0 Å². The van der Waals surface area contributed by atoms with Crippen molar-refractivity contribution in [2.24, 2.45) is 0 Å². The minimum atomic E-state index is -1.58. The van der Waals surface area contributed by atoms with Gasteiger partial charge in [-0.15, -0.1) is 0 Å². The lowest BCUT2D eigenvalue weighted by molar-refractivity contribution is -0.358. The zero-order valence-corrected chi connectivity index (χ0v) is 31.2. The molecule has 5 heterocycles. The highest BCUT2D eigenvalue weighted by Crippen LogP contribution is 2.36. The summed E-state index contributed by atoms with van der Waals surface area (Å²) in [6.45, 7) is 6.76. The summed E-state index contributed by atoms with van der Waals surface area (Å²) in [4.78, 5) is 0. The third-order valence-electron chi connectivity index (χ3n) is 10.8. The molecule has 0 bridgehead atoms. The van der Waals surface area contributed by atoms with Gasteiger partial charge in [0.15, 0.2) is 31.5 Å². The molecule has 18 nitrogen and oxygen atoms in total. The lowest BCUT2D eigenvalue weighted by Gasteiger charge is -2.47. The first-order valence-electron chi connectivity index (χ1n) is 18.2. The Balaban J connectivity index is 1.15. The summed E-state index contributed by atoms with van der Waals surface area (Å²) in [5.74, 6) is 0. The van der Waals surface area contributed by atoms with E-state index < -0.39 is 124 Å². The number of ether oxygens (including phenoxy) is 13. The molecule has 52 heavy (non-hydrogen) atoms. The molecule has 5 saturated heterocycles. The monoisotopic (exact) mass is 756 g/mol. The maximum atomic E-state index is 10.5. The van der Waals surface area contributed by atoms with E-state index in [1.165, 1.54) is 7.11 Å². The molecule has 5 aliphatic heterocycles. The molecule has 5 aliphatic rings. The maximum absolute atomic E-state index is 10.5. The Kier molecular flexibility index (Phi) is 15.5. The number of rotatable bonds is 13. The Morgan fingerprint density at radius 3 is 1.21 bits per heavy atom. The van der Waals surface area contributed by atoms with Crippen LogP contribution in [0.5, 0.6) is 0 Å². The molecular formula is C34H60O18. The number of hydrogen-bond donors (Lipinski definition) is 5. The van der Waals surface area contributed by atoms with E-state index in [9.17, 15) is 25.5 Å². The van der Waals surface area contributed by atoms with E-state index in [0.29, 0.717) is 12.8 Å². The Hall–Kier alpha value is -0.720. The van der Waals surface area contributed by atoms with Crippen LogP contribution >= 0.6 is 0 Å².